The minimum Gasteiger partial charge on any atom is -0.493 e. The normalized spacial score (nSPS) is 11.1. The van der Waals surface area contributed by atoms with Crippen molar-refractivity contribution in [2.24, 2.45) is 0 Å². The average Bonchev–Trinajstić information content (AvgIpc) is 2.84. The van der Waals surface area contributed by atoms with Gasteiger partial charge < -0.3 is 9.47 Å². The Morgan fingerprint density at radius 3 is 1.58 bits per heavy atom. The Bertz CT molecular complexity index is 1170. The zero-order chi connectivity index (χ0) is 21.3. The van der Waals surface area contributed by atoms with Gasteiger partial charge in [-0.25, -0.2) is 0 Å². The number of hydrogen-bond donors (Lipinski definition) is 0. The zero-order valence-electron chi connectivity index (χ0n) is 17.2. The molecular formula is C27H22N2O2. The third-order valence-corrected chi connectivity index (χ3v) is 4.64. The van der Waals surface area contributed by atoms with Crippen LogP contribution < -0.4 is 9.47 Å². The monoisotopic (exact) mass is 406 g/mol. The molecule has 2 heterocycles. The van der Waals surface area contributed by atoms with E-state index in [1.54, 1.807) is 31.9 Å². The summed E-state index contributed by atoms with van der Waals surface area (Å²) >= 11 is 0. The Balaban J connectivity index is 1.49. The van der Waals surface area contributed by atoms with Crippen LogP contribution in [0.15, 0.2) is 91.5 Å². The van der Waals surface area contributed by atoms with Crippen molar-refractivity contribution >= 4 is 24.3 Å². The molecule has 0 unspecified atom stereocenters. The summed E-state index contributed by atoms with van der Waals surface area (Å²) in [7, 11) is 1.64. The number of hydrogen-bond acceptors (Lipinski definition) is 4. The van der Waals surface area contributed by atoms with Crippen LogP contribution in [0, 0.1) is 0 Å². The van der Waals surface area contributed by atoms with Crippen LogP contribution in [0.4, 0.5) is 0 Å². The molecule has 0 saturated carbocycles. The number of rotatable bonds is 7. The van der Waals surface area contributed by atoms with Crippen molar-refractivity contribution in [2.45, 2.75) is 0 Å². The Kier molecular flexibility index (Phi) is 6.51. The molecule has 0 fully saturated rings. The van der Waals surface area contributed by atoms with Crippen LogP contribution in [0.2, 0.25) is 0 Å². The second kappa shape index (κ2) is 10.0. The van der Waals surface area contributed by atoms with Crippen molar-refractivity contribution in [3.63, 3.8) is 0 Å². The Morgan fingerprint density at radius 1 is 0.548 bits per heavy atom. The molecule has 2 aromatic carbocycles. The van der Waals surface area contributed by atoms with Crippen molar-refractivity contribution in [2.75, 3.05) is 7.11 Å². The molecule has 31 heavy (non-hydrogen) atoms. The fourth-order valence-electron chi connectivity index (χ4n) is 2.98. The first-order chi connectivity index (χ1) is 15.3. The summed E-state index contributed by atoms with van der Waals surface area (Å²) in [6, 6.07) is 21.7. The van der Waals surface area contributed by atoms with Crippen LogP contribution in [0.3, 0.4) is 0 Å². The SMILES string of the molecule is COc1ccc(C=Cc2ccncc2)cc1Oc1ccc(C=Cc2ccncc2)cc1. The molecule has 0 N–H and O–H groups in total. The molecule has 0 amide bonds. The van der Waals surface area contributed by atoms with Crippen molar-refractivity contribution < 1.29 is 9.47 Å². The van der Waals surface area contributed by atoms with E-state index >= 15 is 0 Å². The molecule has 0 aliphatic rings. The highest BCUT2D eigenvalue weighted by Crippen LogP contribution is 2.33. The third kappa shape index (κ3) is 5.67. The van der Waals surface area contributed by atoms with Crippen molar-refractivity contribution in [1.29, 1.82) is 0 Å². The van der Waals surface area contributed by atoms with Gasteiger partial charge in [-0.3, -0.25) is 9.97 Å². The Labute approximate surface area is 182 Å². The number of ether oxygens (including phenoxy) is 2. The predicted octanol–water partition coefficient (Wildman–Crippen LogP) is 6.62. The fraction of sp³-hybridized carbons (Fsp3) is 0.0370. The molecule has 4 aromatic rings. The summed E-state index contributed by atoms with van der Waals surface area (Å²) in [6.45, 7) is 0. The summed E-state index contributed by atoms with van der Waals surface area (Å²) in [6.07, 6.45) is 15.3. The number of methoxy groups -OCH3 is 1. The van der Waals surface area contributed by atoms with Gasteiger partial charge in [0.1, 0.15) is 5.75 Å². The highest BCUT2D eigenvalue weighted by atomic mass is 16.5. The van der Waals surface area contributed by atoms with Gasteiger partial charge in [0.2, 0.25) is 0 Å². The Hall–Kier alpha value is -4.18. The molecule has 0 aliphatic heterocycles. The van der Waals surface area contributed by atoms with Crippen LogP contribution in [-0.4, -0.2) is 17.1 Å². The first-order valence-electron chi connectivity index (χ1n) is 9.92. The van der Waals surface area contributed by atoms with Gasteiger partial charge in [-0.05, 0) is 70.8 Å². The van der Waals surface area contributed by atoms with E-state index in [4.69, 9.17) is 9.47 Å². The molecule has 0 spiro atoms. The molecule has 0 atom stereocenters. The lowest BCUT2D eigenvalue weighted by Crippen LogP contribution is -1.91. The molecule has 4 rings (SSSR count). The number of nitrogens with zero attached hydrogens (tertiary/aromatic N) is 2. The molecule has 0 radical (unpaired) electrons. The standard InChI is InChI=1S/C27H22N2O2/c1-30-26-11-8-24(5-4-23-14-18-29-19-15-23)20-27(26)31-25-9-6-21(7-10-25)2-3-22-12-16-28-17-13-22/h2-20H,1H3. The predicted molar refractivity (Wildman–Crippen MR) is 126 cm³/mol. The van der Waals surface area contributed by atoms with Crippen molar-refractivity contribution in [1.82, 2.24) is 9.97 Å². The fourth-order valence-corrected chi connectivity index (χ4v) is 2.98. The van der Waals surface area contributed by atoms with Gasteiger partial charge in [-0.2, -0.15) is 0 Å². The van der Waals surface area contributed by atoms with Crippen molar-refractivity contribution in [3.8, 4) is 17.2 Å². The van der Waals surface area contributed by atoms with Gasteiger partial charge >= 0.3 is 0 Å². The first kappa shape index (κ1) is 20.1. The van der Waals surface area contributed by atoms with Gasteiger partial charge in [0.15, 0.2) is 11.5 Å². The molecule has 152 valence electrons. The number of pyridine rings is 2. The van der Waals surface area contributed by atoms with Gasteiger partial charge in [0, 0.05) is 24.8 Å². The van der Waals surface area contributed by atoms with Crippen LogP contribution in [0.1, 0.15) is 22.3 Å². The maximum Gasteiger partial charge on any atom is 0.169 e. The minimum absolute atomic E-state index is 0.666. The molecule has 4 nitrogen and oxygen atoms in total. The van der Waals surface area contributed by atoms with E-state index in [1.807, 2.05) is 78.9 Å². The molecule has 4 heteroatoms. The molecule has 0 saturated heterocycles. The van der Waals surface area contributed by atoms with E-state index in [1.165, 1.54) is 0 Å². The van der Waals surface area contributed by atoms with Crippen molar-refractivity contribution in [3.05, 3.63) is 114 Å². The quantitative estimate of drug-likeness (QED) is 0.346. The summed E-state index contributed by atoms with van der Waals surface area (Å²) in [5, 5.41) is 0. The van der Waals surface area contributed by atoms with E-state index < -0.39 is 0 Å². The smallest absolute Gasteiger partial charge is 0.169 e. The molecule has 0 bridgehead atoms. The lowest BCUT2D eigenvalue weighted by Gasteiger charge is -2.11. The lowest BCUT2D eigenvalue weighted by atomic mass is 10.1. The highest BCUT2D eigenvalue weighted by molar-refractivity contribution is 5.71. The van der Waals surface area contributed by atoms with E-state index in [0.717, 1.165) is 28.0 Å². The minimum atomic E-state index is 0.666. The number of benzene rings is 2. The van der Waals surface area contributed by atoms with E-state index in [2.05, 4.69) is 22.1 Å². The second-order valence-electron chi connectivity index (χ2n) is 6.81. The van der Waals surface area contributed by atoms with Crippen LogP contribution in [0.5, 0.6) is 17.2 Å². The van der Waals surface area contributed by atoms with Gasteiger partial charge in [-0.1, -0.05) is 42.5 Å². The zero-order valence-corrected chi connectivity index (χ0v) is 17.2. The summed E-state index contributed by atoms with van der Waals surface area (Å²) in [5.74, 6) is 2.09. The third-order valence-electron chi connectivity index (χ3n) is 4.64. The van der Waals surface area contributed by atoms with Crippen LogP contribution >= 0.6 is 0 Å². The highest BCUT2D eigenvalue weighted by Gasteiger charge is 2.06. The van der Waals surface area contributed by atoms with E-state index in [0.29, 0.717) is 11.5 Å². The summed E-state index contributed by atoms with van der Waals surface area (Å²) in [5.41, 5.74) is 4.30. The lowest BCUT2D eigenvalue weighted by molar-refractivity contribution is 0.379. The molecule has 2 aromatic heterocycles. The Morgan fingerprint density at radius 2 is 1.03 bits per heavy atom. The topological polar surface area (TPSA) is 44.2 Å². The van der Waals surface area contributed by atoms with Gasteiger partial charge in [-0.15, -0.1) is 0 Å². The molecular weight excluding hydrogens is 384 g/mol. The number of aromatic nitrogens is 2. The van der Waals surface area contributed by atoms with Crippen LogP contribution in [0.25, 0.3) is 24.3 Å². The maximum absolute atomic E-state index is 6.11. The van der Waals surface area contributed by atoms with E-state index in [9.17, 15) is 0 Å². The van der Waals surface area contributed by atoms with E-state index in [-0.39, 0.29) is 0 Å². The maximum atomic E-state index is 6.11. The molecule has 0 aliphatic carbocycles. The second-order valence-corrected chi connectivity index (χ2v) is 6.81. The average molecular weight is 406 g/mol. The largest absolute Gasteiger partial charge is 0.493 e. The van der Waals surface area contributed by atoms with Gasteiger partial charge in [0.05, 0.1) is 7.11 Å². The van der Waals surface area contributed by atoms with Gasteiger partial charge in [0.25, 0.3) is 0 Å². The first-order valence-corrected chi connectivity index (χ1v) is 9.92. The summed E-state index contributed by atoms with van der Waals surface area (Å²) < 4.78 is 11.6. The van der Waals surface area contributed by atoms with Crippen LogP contribution in [-0.2, 0) is 0 Å². The summed E-state index contributed by atoms with van der Waals surface area (Å²) in [4.78, 5) is 8.07.